The Balaban J connectivity index is 1.51. The highest BCUT2D eigenvalue weighted by molar-refractivity contribution is 5.87. The van der Waals surface area contributed by atoms with E-state index in [2.05, 4.69) is 39.7 Å². The zero-order chi connectivity index (χ0) is 19.7. The van der Waals surface area contributed by atoms with E-state index in [-0.39, 0.29) is 17.7 Å². The van der Waals surface area contributed by atoms with Gasteiger partial charge in [-0.05, 0) is 37.3 Å². The van der Waals surface area contributed by atoms with Crippen molar-refractivity contribution < 1.29 is 9.90 Å². The summed E-state index contributed by atoms with van der Waals surface area (Å²) < 4.78 is 0. The number of hydrogen-bond donors (Lipinski definition) is 2. The van der Waals surface area contributed by atoms with Gasteiger partial charge in [-0.3, -0.25) is 9.69 Å². The van der Waals surface area contributed by atoms with Crippen LogP contribution in [0.25, 0.3) is 22.3 Å². The Kier molecular flexibility index (Phi) is 4.83. The van der Waals surface area contributed by atoms with E-state index in [1.807, 2.05) is 23.1 Å². The number of amides is 1. The highest BCUT2D eigenvalue weighted by Gasteiger charge is 2.26. The van der Waals surface area contributed by atoms with Crippen molar-refractivity contribution in [3.05, 3.63) is 54.7 Å². The Hall–Kier alpha value is -3.19. The van der Waals surface area contributed by atoms with Crippen LogP contribution in [-0.2, 0) is 11.3 Å². The first kappa shape index (κ1) is 18.2. The molecule has 28 heavy (non-hydrogen) atoms. The number of fused-ring (bicyclic) bond motifs is 1. The number of carbonyl (C=O) groups excluding carboxylic acids is 1. The number of carbonyl (C=O) groups is 1. The van der Waals surface area contributed by atoms with E-state index < -0.39 is 0 Å². The van der Waals surface area contributed by atoms with Gasteiger partial charge in [0, 0.05) is 48.9 Å². The summed E-state index contributed by atoms with van der Waals surface area (Å²) in [5.41, 5.74) is 3.08. The van der Waals surface area contributed by atoms with E-state index in [4.69, 9.17) is 0 Å². The van der Waals surface area contributed by atoms with Gasteiger partial charge in [0.15, 0.2) is 5.65 Å². The third-order valence-corrected chi connectivity index (χ3v) is 5.18. The summed E-state index contributed by atoms with van der Waals surface area (Å²) in [7, 11) is 0. The molecule has 3 aromatic rings. The second kappa shape index (κ2) is 7.44. The molecular formula is C21H23N5O2. The van der Waals surface area contributed by atoms with Gasteiger partial charge in [0.25, 0.3) is 0 Å². The van der Waals surface area contributed by atoms with Crippen molar-refractivity contribution in [2.24, 2.45) is 0 Å². The molecule has 1 amide bonds. The maximum atomic E-state index is 11.9. The molecule has 0 bridgehead atoms. The number of phenols is 1. The van der Waals surface area contributed by atoms with Crippen LogP contribution >= 0.6 is 0 Å². The summed E-state index contributed by atoms with van der Waals surface area (Å²) in [5.74, 6) is 0.178. The van der Waals surface area contributed by atoms with Gasteiger partial charge in [-0.2, -0.15) is 0 Å². The van der Waals surface area contributed by atoms with Crippen LogP contribution in [0.5, 0.6) is 5.75 Å². The predicted molar refractivity (Wildman–Crippen MR) is 108 cm³/mol. The van der Waals surface area contributed by atoms with E-state index >= 15 is 0 Å². The van der Waals surface area contributed by atoms with E-state index in [0.717, 1.165) is 36.4 Å². The van der Waals surface area contributed by atoms with Gasteiger partial charge in [-0.15, -0.1) is 10.2 Å². The maximum absolute atomic E-state index is 11.9. The topological polar surface area (TPSA) is 85.3 Å². The maximum Gasteiger partial charge on any atom is 0.246 e. The third-order valence-electron chi connectivity index (χ3n) is 5.18. The molecule has 0 unspecified atom stereocenters. The van der Waals surface area contributed by atoms with Gasteiger partial charge < -0.3 is 15.0 Å². The average molecular weight is 377 g/mol. The van der Waals surface area contributed by atoms with E-state index in [0.29, 0.717) is 17.8 Å². The van der Waals surface area contributed by atoms with Gasteiger partial charge in [0.05, 0.1) is 5.69 Å². The van der Waals surface area contributed by atoms with Crippen molar-refractivity contribution in [3.8, 4) is 17.0 Å². The quantitative estimate of drug-likeness (QED) is 0.683. The first-order valence-electron chi connectivity index (χ1n) is 9.34. The highest BCUT2D eigenvalue weighted by atomic mass is 16.3. The summed E-state index contributed by atoms with van der Waals surface area (Å²) in [5, 5.41) is 19.5. The number of piperazine rings is 1. The van der Waals surface area contributed by atoms with Crippen LogP contribution in [0.15, 0.2) is 49.1 Å². The Bertz CT molecular complexity index is 1030. The summed E-state index contributed by atoms with van der Waals surface area (Å²) in [4.78, 5) is 19.4. The Morgan fingerprint density at radius 1 is 1.32 bits per heavy atom. The number of aromatic hydroxyl groups is 1. The molecule has 1 aliphatic heterocycles. The molecule has 1 saturated heterocycles. The molecule has 2 N–H and O–H groups in total. The van der Waals surface area contributed by atoms with Crippen LogP contribution in [0.2, 0.25) is 0 Å². The zero-order valence-electron chi connectivity index (χ0n) is 15.8. The molecule has 1 aromatic carbocycles. The summed E-state index contributed by atoms with van der Waals surface area (Å²) in [6.45, 7) is 8.71. The molecular weight excluding hydrogens is 354 g/mol. The molecule has 4 rings (SSSR count). The Morgan fingerprint density at radius 2 is 2.14 bits per heavy atom. The SMILES string of the molecule is C=CC(=O)N1CCN(Cc2cc3cc(-c4ccccc4O)nnc3[nH]2)C[C@H]1C. The third kappa shape index (κ3) is 3.48. The van der Waals surface area contributed by atoms with Crippen LogP contribution in [0, 0.1) is 0 Å². The molecule has 0 aliphatic carbocycles. The standard InChI is InChI=1S/C21H23N5O2/c1-3-20(28)26-9-8-25(12-14(26)2)13-16-10-15-11-18(23-24-21(15)22-16)17-6-4-5-7-19(17)27/h3-7,10-11,14,27H,1,8-9,12-13H2,2H3,(H,22,24)/t14-/m1/s1. The number of rotatable bonds is 4. The predicted octanol–water partition coefficient (Wildman–Crippen LogP) is 2.55. The molecule has 144 valence electrons. The van der Waals surface area contributed by atoms with E-state index in [9.17, 15) is 9.90 Å². The van der Waals surface area contributed by atoms with Crippen LogP contribution in [-0.4, -0.2) is 61.7 Å². The Labute approximate surface area is 163 Å². The molecule has 1 fully saturated rings. The lowest BCUT2D eigenvalue weighted by atomic mass is 10.1. The van der Waals surface area contributed by atoms with Crippen molar-refractivity contribution in [3.63, 3.8) is 0 Å². The second-order valence-electron chi connectivity index (χ2n) is 7.17. The fourth-order valence-corrected chi connectivity index (χ4v) is 3.76. The fraction of sp³-hybridized carbons (Fsp3) is 0.286. The van der Waals surface area contributed by atoms with Crippen LogP contribution in [0.4, 0.5) is 0 Å². The molecule has 0 radical (unpaired) electrons. The number of nitrogens with zero attached hydrogens (tertiary/aromatic N) is 4. The van der Waals surface area contributed by atoms with Crippen molar-refractivity contribution in [2.75, 3.05) is 19.6 Å². The second-order valence-corrected chi connectivity index (χ2v) is 7.17. The number of aromatic nitrogens is 3. The van der Waals surface area contributed by atoms with Crippen molar-refractivity contribution in [2.45, 2.75) is 19.5 Å². The summed E-state index contributed by atoms with van der Waals surface area (Å²) >= 11 is 0. The lowest BCUT2D eigenvalue weighted by molar-refractivity contribution is -0.130. The van der Waals surface area contributed by atoms with E-state index in [1.54, 1.807) is 12.1 Å². The van der Waals surface area contributed by atoms with Crippen LogP contribution in [0.1, 0.15) is 12.6 Å². The molecule has 7 nitrogen and oxygen atoms in total. The van der Waals surface area contributed by atoms with Gasteiger partial charge in [-0.25, -0.2) is 0 Å². The van der Waals surface area contributed by atoms with Gasteiger partial charge in [0.2, 0.25) is 5.91 Å². The molecule has 0 saturated carbocycles. The first-order chi connectivity index (χ1) is 13.5. The highest BCUT2D eigenvalue weighted by Crippen LogP contribution is 2.28. The van der Waals surface area contributed by atoms with Crippen LogP contribution in [0.3, 0.4) is 0 Å². The normalized spacial score (nSPS) is 17.8. The number of benzene rings is 1. The fourth-order valence-electron chi connectivity index (χ4n) is 3.76. The van der Waals surface area contributed by atoms with Gasteiger partial charge in [0.1, 0.15) is 5.75 Å². The average Bonchev–Trinajstić information content (AvgIpc) is 3.09. The number of para-hydroxylation sites is 1. The number of nitrogens with one attached hydrogen (secondary N) is 1. The van der Waals surface area contributed by atoms with Gasteiger partial charge in [-0.1, -0.05) is 18.7 Å². The minimum atomic E-state index is -0.00951. The Morgan fingerprint density at radius 3 is 2.89 bits per heavy atom. The molecule has 0 spiro atoms. The number of hydrogen-bond acceptors (Lipinski definition) is 5. The lowest BCUT2D eigenvalue weighted by Gasteiger charge is -2.39. The molecule has 2 aromatic heterocycles. The minimum Gasteiger partial charge on any atom is -0.507 e. The van der Waals surface area contributed by atoms with Crippen LogP contribution < -0.4 is 0 Å². The van der Waals surface area contributed by atoms with Crippen molar-refractivity contribution >= 4 is 16.9 Å². The van der Waals surface area contributed by atoms with E-state index in [1.165, 1.54) is 6.08 Å². The summed E-state index contributed by atoms with van der Waals surface area (Å²) in [6, 6.07) is 11.3. The summed E-state index contributed by atoms with van der Waals surface area (Å²) in [6.07, 6.45) is 1.38. The molecule has 1 atom stereocenters. The number of H-pyrrole nitrogens is 1. The molecule has 7 heteroatoms. The van der Waals surface area contributed by atoms with Crippen molar-refractivity contribution in [1.82, 2.24) is 25.0 Å². The first-order valence-corrected chi connectivity index (χ1v) is 9.34. The number of phenolic OH excluding ortho intramolecular Hbond substituents is 1. The monoisotopic (exact) mass is 377 g/mol. The minimum absolute atomic E-state index is 0.00951. The number of aromatic amines is 1. The zero-order valence-corrected chi connectivity index (χ0v) is 15.8. The largest absolute Gasteiger partial charge is 0.507 e. The molecule has 1 aliphatic rings. The smallest absolute Gasteiger partial charge is 0.246 e. The molecule has 3 heterocycles. The van der Waals surface area contributed by atoms with Gasteiger partial charge >= 0.3 is 0 Å². The lowest BCUT2D eigenvalue weighted by Crippen LogP contribution is -2.53. The van der Waals surface area contributed by atoms with Crippen molar-refractivity contribution in [1.29, 1.82) is 0 Å².